The van der Waals surface area contributed by atoms with Gasteiger partial charge in [0.2, 0.25) is 0 Å². The number of halogens is 3. The largest absolute Gasteiger partial charge is 0.493 e. The van der Waals surface area contributed by atoms with Crippen LogP contribution in [0.3, 0.4) is 0 Å². The summed E-state index contributed by atoms with van der Waals surface area (Å²) in [6.07, 6.45) is 7.03. The molecule has 4 nitrogen and oxygen atoms in total. The Morgan fingerprint density at radius 3 is 2.45 bits per heavy atom. The van der Waals surface area contributed by atoms with E-state index in [4.69, 9.17) is 49.1 Å². The molecule has 0 atom stereocenters. The third-order valence-corrected chi connectivity index (χ3v) is 5.03. The van der Waals surface area contributed by atoms with Crippen molar-refractivity contribution in [2.45, 2.75) is 39.5 Å². The summed E-state index contributed by atoms with van der Waals surface area (Å²) in [5.41, 5.74) is 3.13. The Bertz CT molecular complexity index is 863. The van der Waals surface area contributed by atoms with Crippen LogP contribution in [0.5, 0.6) is 11.5 Å². The van der Waals surface area contributed by atoms with Crippen molar-refractivity contribution in [1.29, 1.82) is 0 Å². The molecule has 31 heavy (non-hydrogen) atoms. The number of hydrogen-bond donors (Lipinski definition) is 0. The van der Waals surface area contributed by atoms with Crippen LogP contribution in [0.25, 0.3) is 0 Å². The Hall–Kier alpha value is -1.88. The lowest BCUT2D eigenvalue weighted by atomic mass is 10.1. The van der Waals surface area contributed by atoms with Crippen LogP contribution in [0, 0.1) is 6.92 Å². The monoisotopic (exact) mass is 483 g/mol. The van der Waals surface area contributed by atoms with Gasteiger partial charge in [0.05, 0.1) is 12.8 Å². The van der Waals surface area contributed by atoms with E-state index in [0.29, 0.717) is 24.8 Å². The SMILES string of the molecule is CCc1cc(OCC=C(Cl)Cl)cc(C)c1OCCCCCON=Cc1ccc(Cl)cc1. The Morgan fingerprint density at radius 2 is 1.74 bits per heavy atom. The first kappa shape index (κ1) is 25.4. The van der Waals surface area contributed by atoms with Gasteiger partial charge < -0.3 is 14.3 Å². The van der Waals surface area contributed by atoms with E-state index in [1.54, 1.807) is 12.3 Å². The van der Waals surface area contributed by atoms with Gasteiger partial charge in [0.15, 0.2) is 0 Å². The molecule has 0 amide bonds. The van der Waals surface area contributed by atoms with Gasteiger partial charge in [-0.15, -0.1) is 0 Å². The van der Waals surface area contributed by atoms with Crippen molar-refractivity contribution in [1.82, 2.24) is 0 Å². The highest BCUT2D eigenvalue weighted by atomic mass is 35.5. The lowest BCUT2D eigenvalue weighted by molar-refractivity contribution is 0.140. The zero-order valence-electron chi connectivity index (χ0n) is 17.9. The maximum absolute atomic E-state index is 6.06. The van der Waals surface area contributed by atoms with Gasteiger partial charge in [0.25, 0.3) is 0 Å². The molecule has 0 N–H and O–H groups in total. The maximum atomic E-state index is 6.06. The summed E-state index contributed by atoms with van der Waals surface area (Å²) >= 11 is 17.1. The molecular formula is C24H28Cl3NO3. The second kappa shape index (κ2) is 14.2. The highest BCUT2D eigenvalue weighted by molar-refractivity contribution is 6.55. The molecule has 2 aromatic carbocycles. The molecule has 0 bridgehead atoms. The lowest BCUT2D eigenvalue weighted by Crippen LogP contribution is -2.04. The highest BCUT2D eigenvalue weighted by Gasteiger charge is 2.09. The minimum atomic E-state index is 0.200. The van der Waals surface area contributed by atoms with E-state index in [2.05, 4.69) is 12.1 Å². The minimum absolute atomic E-state index is 0.200. The molecule has 2 aromatic rings. The van der Waals surface area contributed by atoms with E-state index in [9.17, 15) is 0 Å². The number of aryl methyl sites for hydroxylation is 2. The fourth-order valence-electron chi connectivity index (χ4n) is 2.88. The average molecular weight is 485 g/mol. The Balaban J connectivity index is 1.68. The van der Waals surface area contributed by atoms with E-state index in [0.717, 1.165) is 53.9 Å². The van der Waals surface area contributed by atoms with Crippen molar-refractivity contribution in [3.8, 4) is 11.5 Å². The van der Waals surface area contributed by atoms with Gasteiger partial charge in [-0.3, -0.25) is 0 Å². The molecule has 0 saturated carbocycles. The fraction of sp³-hybridized carbons (Fsp3) is 0.375. The summed E-state index contributed by atoms with van der Waals surface area (Å²) in [5.74, 6) is 1.72. The minimum Gasteiger partial charge on any atom is -0.493 e. The van der Waals surface area contributed by atoms with Crippen LogP contribution < -0.4 is 9.47 Å². The number of rotatable bonds is 13. The Morgan fingerprint density at radius 1 is 1.00 bits per heavy atom. The zero-order valence-corrected chi connectivity index (χ0v) is 20.1. The molecule has 0 fully saturated rings. The second-order valence-corrected chi connectivity index (χ2v) is 8.36. The van der Waals surface area contributed by atoms with Crippen LogP contribution in [-0.4, -0.2) is 26.0 Å². The van der Waals surface area contributed by atoms with Gasteiger partial charge in [0.1, 0.15) is 29.2 Å². The number of oxime groups is 1. The normalized spacial score (nSPS) is 10.9. The predicted molar refractivity (Wildman–Crippen MR) is 130 cm³/mol. The summed E-state index contributed by atoms with van der Waals surface area (Å²) in [6, 6.07) is 11.4. The number of benzene rings is 2. The van der Waals surface area contributed by atoms with E-state index >= 15 is 0 Å². The van der Waals surface area contributed by atoms with Crippen LogP contribution in [-0.2, 0) is 11.3 Å². The molecule has 0 spiro atoms. The Labute approximate surface area is 199 Å². The molecule has 0 aliphatic heterocycles. The third-order valence-electron chi connectivity index (χ3n) is 4.47. The van der Waals surface area contributed by atoms with Crippen molar-refractivity contribution in [3.63, 3.8) is 0 Å². The van der Waals surface area contributed by atoms with Gasteiger partial charge in [-0.25, -0.2) is 0 Å². The molecule has 2 rings (SSSR count). The summed E-state index contributed by atoms with van der Waals surface area (Å²) in [7, 11) is 0. The van der Waals surface area contributed by atoms with Crippen molar-refractivity contribution < 1.29 is 14.3 Å². The van der Waals surface area contributed by atoms with Crippen molar-refractivity contribution in [3.05, 3.63) is 68.7 Å². The average Bonchev–Trinajstić information content (AvgIpc) is 2.74. The van der Waals surface area contributed by atoms with Gasteiger partial charge in [-0.2, -0.15) is 0 Å². The van der Waals surface area contributed by atoms with Crippen LogP contribution >= 0.6 is 34.8 Å². The van der Waals surface area contributed by atoms with Gasteiger partial charge in [-0.05, 0) is 79.6 Å². The van der Waals surface area contributed by atoms with E-state index in [1.807, 2.05) is 43.3 Å². The molecule has 0 aromatic heterocycles. The van der Waals surface area contributed by atoms with E-state index < -0.39 is 0 Å². The summed E-state index contributed by atoms with van der Waals surface area (Å²) in [4.78, 5) is 5.31. The molecular weight excluding hydrogens is 457 g/mol. The summed E-state index contributed by atoms with van der Waals surface area (Å²) in [5, 5.41) is 4.69. The smallest absolute Gasteiger partial charge is 0.125 e. The van der Waals surface area contributed by atoms with E-state index in [-0.39, 0.29) is 4.49 Å². The van der Waals surface area contributed by atoms with Crippen LogP contribution in [0.15, 0.2) is 52.1 Å². The van der Waals surface area contributed by atoms with Gasteiger partial charge >= 0.3 is 0 Å². The molecule has 0 aliphatic rings. The van der Waals surface area contributed by atoms with Crippen LogP contribution in [0.1, 0.15) is 42.9 Å². The number of unbranched alkanes of at least 4 members (excludes halogenated alkanes) is 2. The number of nitrogens with zero attached hydrogens (tertiary/aromatic N) is 1. The quantitative estimate of drug-likeness (QED) is 0.168. The van der Waals surface area contributed by atoms with Gasteiger partial charge in [-0.1, -0.05) is 59.0 Å². The molecule has 0 radical (unpaired) electrons. The van der Waals surface area contributed by atoms with Crippen molar-refractivity contribution in [2.24, 2.45) is 5.16 Å². The lowest BCUT2D eigenvalue weighted by Gasteiger charge is -2.15. The summed E-state index contributed by atoms with van der Waals surface area (Å²) in [6.45, 7) is 5.70. The molecule has 0 aliphatic carbocycles. The number of ether oxygens (including phenoxy) is 2. The van der Waals surface area contributed by atoms with Gasteiger partial charge in [0, 0.05) is 5.02 Å². The molecule has 0 heterocycles. The van der Waals surface area contributed by atoms with Crippen molar-refractivity contribution in [2.75, 3.05) is 19.8 Å². The predicted octanol–water partition coefficient (Wildman–Crippen LogP) is 7.51. The van der Waals surface area contributed by atoms with Crippen molar-refractivity contribution >= 4 is 41.0 Å². The Kier molecular flexibility index (Phi) is 11.7. The highest BCUT2D eigenvalue weighted by Crippen LogP contribution is 2.30. The fourth-order valence-corrected chi connectivity index (χ4v) is 3.14. The first-order chi connectivity index (χ1) is 15.0. The van der Waals surface area contributed by atoms with E-state index in [1.165, 1.54) is 0 Å². The molecule has 168 valence electrons. The summed E-state index contributed by atoms with van der Waals surface area (Å²) < 4.78 is 11.9. The standard InChI is InChI=1S/C24H28Cl3NO3/c1-3-20-16-22(29-14-11-23(26)27)15-18(2)24(20)30-12-5-4-6-13-31-28-17-19-7-9-21(25)10-8-19/h7-11,15-17H,3-6,12-14H2,1-2H3. The van der Waals surface area contributed by atoms with Crippen LogP contribution in [0.2, 0.25) is 5.02 Å². The second-order valence-electron chi connectivity index (χ2n) is 6.92. The number of hydrogen-bond acceptors (Lipinski definition) is 4. The maximum Gasteiger partial charge on any atom is 0.125 e. The molecule has 0 unspecified atom stereocenters. The first-order valence-electron chi connectivity index (χ1n) is 10.3. The topological polar surface area (TPSA) is 40.0 Å². The third kappa shape index (κ3) is 9.86. The van der Waals surface area contributed by atoms with Crippen LogP contribution in [0.4, 0.5) is 0 Å². The molecule has 7 heteroatoms. The zero-order chi connectivity index (χ0) is 22.5. The molecule has 0 saturated heterocycles. The first-order valence-corrected chi connectivity index (χ1v) is 11.4.